The summed E-state index contributed by atoms with van der Waals surface area (Å²) in [5.41, 5.74) is 3.76. The van der Waals surface area contributed by atoms with Gasteiger partial charge in [-0.15, -0.1) is 0 Å². The molecule has 0 unspecified atom stereocenters. The summed E-state index contributed by atoms with van der Waals surface area (Å²) in [5.74, 6) is -0.335. The molecule has 0 aliphatic heterocycles. The van der Waals surface area contributed by atoms with Crippen molar-refractivity contribution in [3.8, 4) is 0 Å². The van der Waals surface area contributed by atoms with Crippen molar-refractivity contribution in [1.82, 2.24) is 29.3 Å². The normalized spacial score (nSPS) is 12.1. The Kier molecular flexibility index (Phi) is 6.52. The Labute approximate surface area is 186 Å². The third-order valence-corrected chi connectivity index (χ3v) is 5.24. The lowest BCUT2D eigenvalue weighted by Crippen LogP contribution is -2.10. The first-order chi connectivity index (χ1) is 15.2. The van der Waals surface area contributed by atoms with Gasteiger partial charge < -0.3 is 0 Å². The van der Waals surface area contributed by atoms with Crippen LogP contribution in [0, 0.1) is 37.8 Å². The number of allylic oxidation sites excluding steroid dienone is 2. The number of ketones is 1. The summed E-state index contributed by atoms with van der Waals surface area (Å²) in [6.07, 6.45) is 8.52. The number of carbonyl (C=O) groups is 1. The van der Waals surface area contributed by atoms with Gasteiger partial charge in [0, 0.05) is 36.6 Å². The zero-order valence-corrected chi connectivity index (χ0v) is 19.2. The first-order valence-corrected chi connectivity index (χ1v) is 10.4. The maximum atomic E-state index is 13.3. The predicted octanol–water partition coefficient (Wildman–Crippen LogP) is 3.74. The molecule has 10 heteroatoms. The van der Waals surface area contributed by atoms with Gasteiger partial charge >= 0.3 is 5.69 Å². The van der Waals surface area contributed by atoms with Gasteiger partial charge in [0.05, 0.1) is 16.3 Å². The molecule has 3 aromatic heterocycles. The molecule has 3 aromatic rings. The number of aromatic nitrogens is 6. The standard InChI is InChI=1S/C22H27N7O3/c1-7-26-12-18(14(3)23-26)9-10-21(30)20(11-19-13-27(8-2)24-15(19)4)28-17(6)22(29(31)32)16(5)25-28/h9-13H,7-8H2,1-6H3. The summed E-state index contributed by atoms with van der Waals surface area (Å²) in [5, 5.41) is 24.6. The predicted molar refractivity (Wildman–Crippen MR) is 122 cm³/mol. The number of aryl methyl sites for hydroxylation is 5. The zero-order chi connectivity index (χ0) is 23.6. The maximum absolute atomic E-state index is 13.3. The quantitative estimate of drug-likeness (QED) is 0.301. The number of nitrogens with zero attached hydrogens (tertiary/aromatic N) is 7. The molecular weight excluding hydrogens is 410 g/mol. The third-order valence-electron chi connectivity index (χ3n) is 5.24. The van der Waals surface area contributed by atoms with E-state index in [1.807, 2.05) is 40.1 Å². The summed E-state index contributed by atoms with van der Waals surface area (Å²) in [4.78, 5) is 24.3. The third kappa shape index (κ3) is 4.43. The molecule has 0 amide bonds. The molecule has 0 saturated heterocycles. The van der Waals surface area contributed by atoms with Crippen molar-refractivity contribution in [2.45, 2.75) is 54.6 Å². The van der Waals surface area contributed by atoms with Crippen LogP contribution < -0.4 is 0 Å². The Morgan fingerprint density at radius 1 is 0.969 bits per heavy atom. The van der Waals surface area contributed by atoms with Gasteiger partial charge in [-0.25, -0.2) is 4.68 Å². The van der Waals surface area contributed by atoms with E-state index in [0.717, 1.165) is 29.1 Å². The van der Waals surface area contributed by atoms with E-state index >= 15 is 0 Å². The smallest absolute Gasteiger partial charge is 0.288 e. The van der Waals surface area contributed by atoms with Crippen LogP contribution in [-0.4, -0.2) is 40.0 Å². The van der Waals surface area contributed by atoms with Gasteiger partial charge in [0.15, 0.2) is 0 Å². The highest BCUT2D eigenvalue weighted by molar-refractivity contribution is 6.26. The van der Waals surface area contributed by atoms with Crippen LogP contribution in [0.3, 0.4) is 0 Å². The average Bonchev–Trinajstić information content (AvgIpc) is 3.38. The number of hydrogen-bond donors (Lipinski definition) is 0. The van der Waals surface area contributed by atoms with E-state index in [2.05, 4.69) is 15.3 Å². The average molecular weight is 438 g/mol. The molecule has 0 saturated carbocycles. The summed E-state index contributed by atoms with van der Waals surface area (Å²) >= 11 is 0. The van der Waals surface area contributed by atoms with Crippen molar-refractivity contribution in [1.29, 1.82) is 0 Å². The van der Waals surface area contributed by atoms with E-state index in [-0.39, 0.29) is 28.6 Å². The maximum Gasteiger partial charge on any atom is 0.313 e. The molecule has 0 spiro atoms. The molecule has 0 radical (unpaired) electrons. The number of carbonyl (C=O) groups excluding carboxylic acids is 1. The molecule has 0 aliphatic carbocycles. The highest BCUT2D eigenvalue weighted by Crippen LogP contribution is 2.26. The van der Waals surface area contributed by atoms with Crippen LogP contribution >= 0.6 is 0 Å². The van der Waals surface area contributed by atoms with Crippen molar-refractivity contribution >= 4 is 29.3 Å². The Hall–Kier alpha value is -3.82. The van der Waals surface area contributed by atoms with Gasteiger partial charge in [0.1, 0.15) is 17.1 Å². The molecule has 10 nitrogen and oxygen atoms in total. The number of rotatable bonds is 8. The van der Waals surface area contributed by atoms with Gasteiger partial charge in [-0.3, -0.25) is 24.3 Å². The summed E-state index contributed by atoms with van der Waals surface area (Å²) in [6, 6.07) is 0. The van der Waals surface area contributed by atoms with Crippen LogP contribution in [0.1, 0.15) is 47.8 Å². The lowest BCUT2D eigenvalue weighted by atomic mass is 10.1. The van der Waals surface area contributed by atoms with Gasteiger partial charge in [0.2, 0.25) is 5.78 Å². The fourth-order valence-corrected chi connectivity index (χ4v) is 3.46. The number of hydrogen-bond acceptors (Lipinski definition) is 6. The second-order valence-corrected chi connectivity index (χ2v) is 7.47. The molecule has 0 aliphatic rings. The van der Waals surface area contributed by atoms with Gasteiger partial charge in [0.25, 0.3) is 0 Å². The lowest BCUT2D eigenvalue weighted by molar-refractivity contribution is -0.386. The molecule has 0 atom stereocenters. The van der Waals surface area contributed by atoms with Crippen molar-refractivity contribution in [2.75, 3.05) is 0 Å². The SMILES string of the molecule is CCn1cc(C=CC(=O)C(=Cc2cn(CC)nc2C)n2nc(C)c([N+](=O)[O-])c2C)c(C)n1. The summed E-state index contributed by atoms with van der Waals surface area (Å²) in [7, 11) is 0. The van der Waals surface area contributed by atoms with Crippen molar-refractivity contribution in [3.63, 3.8) is 0 Å². The highest BCUT2D eigenvalue weighted by Gasteiger charge is 2.25. The van der Waals surface area contributed by atoms with Crippen LogP contribution in [0.4, 0.5) is 5.69 Å². The summed E-state index contributed by atoms with van der Waals surface area (Å²) in [6.45, 7) is 12.2. The largest absolute Gasteiger partial charge is 0.313 e. The Balaban J connectivity index is 2.11. The topological polar surface area (TPSA) is 114 Å². The first kappa shape index (κ1) is 22.9. The van der Waals surface area contributed by atoms with Gasteiger partial charge in [-0.1, -0.05) is 0 Å². The number of nitro groups is 1. The summed E-state index contributed by atoms with van der Waals surface area (Å²) < 4.78 is 4.90. The van der Waals surface area contributed by atoms with E-state index in [0.29, 0.717) is 6.54 Å². The minimum atomic E-state index is -0.477. The van der Waals surface area contributed by atoms with Crippen LogP contribution in [0.25, 0.3) is 17.8 Å². The van der Waals surface area contributed by atoms with Crippen LogP contribution in [0.2, 0.25) is 0 Å². The second kappa shape index (κ2) is 9.13. The molecule has 0 fully saturated rings. The van der Waals surface area contributed by atoms with Crippen molar-refractivity contribution in [3.05, 3.63) is 62.5 Å². The molecule has 0 bridgehead atoms. The highest BCUT2D eigenvalue weighted by atomic mass is 16.6. The zero-order valence-electron chi connectivity index (χ0n) is 19.2. The fraction of sp³-hybridized carbons (Fsp3) is 0.364. The van der Waals surface area contributed by atoms with E-state index in [4.69, 9.17) is 0 Å². The molecule has 0 aromatic carbocycles. The molecule has 3 rings (SSSR count). The van der Waals surface area contributed by atoms with E-state index in [9.17, 15) is 14.9 Å². The van der Waals surface area contributed by atoms with Crippen LogP contribution in [-0.2, 0) is 17.9 Å². The van der Waals surface area contributed by atoms with Crippen molar-refractivity contribution in [2.24, 2.45) is 0 Å². The molecule has 0 N–H and O–H groups in total. The first-order valence-electron chi connectivity index (χ1n) is 10.4. The minimum Gasteiger partial charge on any atom is -0.288 e. The van der Waals surface area contributed by atoms with Crippen molar-refractivity contribution < 1.29 is 9.72 Å². The molecule has 32 heavy (non-hydrogen) atoms. The Bertz CT molecular complexity index is 1240. The van der Waals surface area contributed by atoms with Crippen LogP contribution in [0.5, 0.6) is 0 Å². The van der Waals surface area contributed by atoms with E-state index < -0.39 is 4.92 Å². The van der Waals surface area contributed by atoms with Gasteiger partial charge in [-0.05, 0) is 59.8 Å². The second-order valence-electron chi connectivity index (χ2n) is 7.47. The molecule has 3 heterocycles. The van der Waals surface area contributed by atoms with Gasteiger partial charge in [-0.2, -0.15) is 15.3 Å². The van der Waals surface area contributed by atoms with E-state index in [1.54, 1.807) is 35.4 Å². The molecular formula is C22H27N7O3. The minimum absolute atomic E-state index is 0.103. The van der Waals surface area contributed by atoms with E-state index in [1.165, 1.54) is 10.8 Å². The molecule has 168 valence electrons. The Morgan fingerprint density at radius 2 is 1.53 bits per heavy atom. The van der Waals surface area contributed by atoms with Crippen LogP contribution in [0.15, 0.2) is 18.5 Å². The monoisotopic (exact) mass is 437 g/mol. The fourth-order valence-electron chi connectivity index (χ4n) is 3.46. The Morgan fingerprint density at radius 3 is 2.03 bits per heavy atom. The lowest BCUT2D eigenvalue weighted by Gasteiger charge is -2.06.